The molecule has 0 N–H and O–H groups in total. The quantitative estimate of drug-likeness (QED) is 0.0262. The summed E-state index contributed by atoms with van der Waals surface area (Å²) < 4.78 is 16.7. The maximum absolute atomic E-state index is 12.8. The van der Waals surface area contributed by atoms with Crippen molar-refractivity contribution in [2.24, 2.45) is 0 Å². The second-order valence-corrected chi connectivity index (χ2v) is 16.7. The van der Waals surface area contributed by atoms with Gasteiger partial charge >= 0.3 is 17.9 Å². The first kappa shape index (κ1) is 60.1. The van der Waals surface area contributed by atoms with Crippen LogP contribution < -0.4 is 0 Å². The predicted octanol–water partition coefficient (Wildman–Crippen LogP) is 17.1. The molecule has 1 atom stereocenters. The van der Waals surface area contributed by atoms with Gasteiger partial charge in [-0.1, -0.05) is 214 Å². The average Bonchev–Trinajstić information content (AvgIpc) is 3.29. The highest BCUT2D eigenvalue weighted by Gasteiger charge is 2.19. The maximum Gasteiger partial charge on any atom is 0.306 e. The lowest BCUT2D eigenvalue weighted by molar-refractivity contribution is -0.167. The van der Waals surface area contributed by atoms with Crippen molar-refractivity contribution >= 4 is 17.9 Å². The summed E-state index contributed by atoms with van der Waals surface area (Å²) in [6.07, 6.45) is 69.3. The van der Waals surface area contributed by atoms with E-state index in [4.69, 9.17) is 14.2 Å². The van der Waals surface area contributed by atoms with Crippen molar-refractivity contribution in [1.29, 1.82) is 0 Å². The standard InChI is InChI=1S/C58H94O6/c1-4-7-10-13-16-19-22-25-27-29-31-33-36-39-42-45-48-51-57(60)63-54-55(53-62-56(59)50-47-44-41-38-35-24-21-18-15-12-9-6-3)64-58(61)52-49-46-43-40-37-34-32-30-28-26-23-20-17-14-11-8-5-2/h7-8,10-11,16-17,19-20,25-28,31-34,40,43,55H,4-6,9,12-15,18,21-24,29-30,35-39,41-42,44-54H2,1-3H3/b10-7-,11-8-,19-16-,20-17-,27-25-,28-26-,33-31-,34-32-,43-40-/t55-/m0/s1. The van der Waals surface area contributed by atoms with Crippen molar-refractivity contribution in [2.75, 3.05) is 13.2 Å². The third kappa shape index (κ3) is 49.1. The van der Waals surface area contributed by atoms with Gasteiger partial charge in [0.1, 0.15) is 13.2 Å². The zero-order valence-electron chi connectivity index (χ0n) is 41.3. The van der Waals surface area contributed by atoms with Crippen LogP contribution in [0.2, 0.25) is 0 Å². The van der Waals surface area contributed by atoms with Gasteiger partial charge in [0.25, 0.3) is 0 Å². The Morgan fingerprint density at radius 2 is 0.625 bits per heavy atom. The van der Waals surface area contributed by atoms with Gasteiger partial charge in [-0.25, -0.2) is 0 Å². The first-order valence-electron chi connectivity index (χ1n) is 25.9. The Hall–Kier alpha value is -3.93. The molecule has 0 saturated carbocycles. The molecule has 0 rings (SSSR count). The molecule has 0 aromatic rings. The molecular formula is C58H94O6. The Labute approximate surface area is 393 Å². The molecule has 0 heterocycles. The third-order valence-corrected chi connectivity index (χ3v) is 10.5. The van der Waals surface area contributed by atoms with Crippen LogP contribution in [0.15, 0.2) is 109 Å². The Bertz CT molecular complexity index is 1340. The Kier molecular flexibility index (Phi) is 48.5. The molecule has 362 valence electrons. The molecule has 0 radical (unpaired) electrons. The van der Waals surface area contributed by atoms with E-state index in [2.05, 4.69) is 130 Å². The second kappa shape index (κ2) is 51.7. The van der Waals surface area contributed by atoms with E-state index in [-0.39, 0.29) is 37.5 Å². The van der Waals surface area contributed by atoms with Crippen molar-refractivity contribution in [3.05, 3.63) is 109 Å². The molecule has 0 fully saturated rings. The molecular weight excluding hydrogens is 793 g/mol. The molecule has 0 aromatic heterocycles. The largest absolute Gasteiger partial charge is 0.462 e. The van der Waals surface area contributed by atoms with Crippen LogP contribution in [0.3, 0.4) is 0 Å². The highest BCUT2D eigenvalue weighted by molar-refractivity contribution is 5.71. The number of hydrogen-bond acceptors (Lipinski definition) is 6. The summed E-state index contributed by atoms with van der Waals surface area (Å²) in [4.78, 5) is 38.0. The first-order chi connectivity index (χ1) is 31.5. The van der Waals surface area contributed by atoms with Crippen LogP contribution in [0.5, 0.6) is 0 Å². The van der Waals surface area contributed by atoms with Gasteiger partial charge < -0.3 is 14.2 Å². The Morgan fingerprint density at radius 3 is 1.00 bits per heavy atom. The third-order valence-electron chi connectivity index (χ3n) is 10.5. The number of rotatable bonds is 45. The van der Waals surface area contributed by atoms with E-state index >= 15 is 0 Å². The highest BCUT2D eigenvalue weighted by atomic mass is 16.6. The Morgan fingerprint density at radius 1 is 0.328 bits per heavy atom. The molecule has 0 saturated heterocycles. The number of carbonyl (C=O) groups excluding carboxylic acids is 3. The van der Waals surface area contributed by atoms with E-state index in [0.29, 0.717) is 19.3 Å². The summed E-state index contributed by atoms with van der Waals surface area (Å²) in [5.74, 6) is -0.997. The fourth-order valence-corrected chi connectivity index (χ4v) is 6.70. The van der Waals surface area contributed by atoms with Gasteiger partial charge in [0, 0.05) is 19.3 Å². The topological polar surface area (TPSA) is 78.9 Å². The zero-order chi connectivity index (χ0) is 46.5. The van der Waals surface area contributed by atoms with Gasteiger partial charge in [0.15, 0.2) is 6.10 Å². The molecule has 0 aliphatic carbocycles. The lowest BCUT2D eigenvalue weighted by atomic mass is 10.0. The lowest BCUT2D eigenvalue weighted by Crippen LogP contribution is -2.30. The van der Waals surface area contributed by atoms with E-state index < -0.39 is 6.10 Å². The smallest absolute Gasteiger partial charge is 0.306 e. The van der Waals surface area contributed by atoms with Crippen LogP contribution in [0.25, 0.3) is 0 Å². The molecule has 0 aliphatic heterocycles. The molecule has 0 spiro atoms. The van der Waals surface area contributed by atoms with Gasteiger partial charge in [-0.2, -0.15) is 0 Å². The van der Waals surface area contributed by atoms with Crippen LogP contribution in [-0.2, 0) is 28.6 Å². The molecule has 64 heavy (non-hydrogen) atoms. The number of esters is 3. The summed E-state index contributed by atoms with van der Waals surface area (Å²) >= 11 is 0. The van der Waals surface area contributed by atoms with Crippen LogP contribution in [0.1, 0.15) is 220 Å². The van der Waals surface area contributed by atoms with E-state index in [1.165, 1.54) is 57.8 Å². The van der Waals surface area contributed by atoms with E-state index in [9.17, 15) is 14.4 Å². The van der Waals surface area contributed by atoms with Gasteiger partial charge in [-0.3, -0.25) is 14.4 Å². The first-order valence-corrected chi connectivity index (χ1v) is 25.9. The summed E-state index contributed by atoms with van der Waals surface area (Å²) in [5, 5.41) is 0. The number of carbonyl (C=O) groups is 3. The van der Waals surface area contributed by atoms with Crippen molar-refractivity contribution in [3.8, 4) is 0 Å². The molecule has 6 nitrogen and oxygen atoms in total. The minimum atomic E-state index is -0.817. The summed E-state index contributed by atoms with van der Waals surface area (Å²) in [7, 11) is 0. The SMILES string of the molecule is CC/C=C\C/C=C\C/C=C\C/C=C\C/C=C\CCCC(=O)O[C@H](COC(=O)CCCCCC/C=C\C/C=C\C/C=C\C/C=C\CC)COC(=O)CCCCCCCCCCCCCC. The van der Waals surface area contributed by atoms with Gasteiger partial charge in [-0.05, 0) is 96.3 Å². The molecule has 0 aromatic carbocycles. The summed E-state index contributed by atoms with van der Waals surface area (Å²) in [5.41, 5.74) is 0. The Balaban J connectivity index is 4.53. The van der Waals surface area contributed by atoms with Crippen LogP contribution in [-0.4, -0.2) is 37.2 Å². The second-order valence-electron chi connectivity index (χ2n) is 16.7. The molecule has 6 heteroatoms. The van der Waals surface area contributed by atoms with Crippen molar-refractivity contribution in [1.82, 2.24) is 0 Å². The van der Waals surface area contributed by atoms with E-state index in [1.54, 1.807) is 0 Å². The monoisotopic (exact) mass is 887 g/mol. The van der Waals surface area contributed by atoms with Gasteiger partial charge in [0.05, 0.1) is 0 Å². The minimum Gasteiger partial charge on any atom is -0.462 e. The fourth-order valence-electron chi connectivity index (χ4n) is 6.70. The fraction of sp³-hybridized carbons (Fsp3) is 0.638. The minimum absolute atomic E-state index is 0.109. The van der Waals surface area contributed by atoms with E-state index in [0.717, 1.165) is 116 Å². The van der Waals surface area contributed by atoms with Crippen molar-refractivity contribution in [2.45, 2.75) is 226 Å². The number of ether oxygens (including phenoxy) is 3. The van der Waals surface area contributed by atoms with Crippen LogP contribution in [0.4, 0.5) is 0 Å². The molecule has 0 aliphatic rings. The maximum atomic E-state index is 12.8. The van der Waals surface area contributed by atoms with Crippen LogP contribution >= 0.6 is 0 Å². The lowest BCUT2D eigenvalue weighted by Gasteiger charge is -2.18. The summed E-state index contributed by atoms with van der Waals surface area (Å²) in [6, 6.07) is 0. The van der Waals surface area contributed by atoms with Gasteiger partial charge in [0.2, 0.25) is 0 Å². The van der Waals surface area contributed by atoms with Crippen molar-refractivity contribution in [3.63, 3.8) is 0 Å². The van der Waals surface area contributed by atoms with Crippen LogP contribution in [0, 0.1) is 0 Å². The molecule has 0 bridgehead atoms. The van der Waals surface area contributed by atoms with Crippen molar-refractivity contribution < 1.29 is 28.6 Å². The average molecular weight is 887 g/mol. The van der Waals surface area contributed by atoms with E-state index in [1.807, 2.05) is 0 Å². The zero-order valence-corrected chi connectivity index (χ0v) is 41.3. The number of unbranched alkanes of at least 4 members (excludes halogenated alkanes) is 16. The normalized spacial score (nSPS) is 13.0. The highest BCUT2D eigenvalue weighted by Crippen LogP contribution is 2.14. The number of hydrogen-bond donors (Lipinski definition) is 0. The molecule has 0 amide bonds. The summed E-state index contributed by atoms with van der Waals surface area (Å²) in [6.45, 7) is 6.33. The predicted molar refractivity (Wildman–Crippen MR) is 274 cm³/mol. The number of allylic oxidation sites excluding steroid dienone is 18. The molecule has 0 unspecified atom stereocenters. The van der Waals surface area contributed by atoms with Gasteiger partial charge in [-0.15, -0.1) is 0 Å².